The van der Waals surface area contributed by atoms with Crippen molar-refractivity contribution in [3.05, 3.63) is 117 Å². The quantitative estimate of drug-likeness (QED) is 0.108. The van der Waals surface area contributed by atoms with Gasteiger partial charge in [-0.3, -0.25) is 0 Å². The number of hydrazine groups is 1. The average Bonchev–Trinajstić information content (AvgIpc) is 3.02. The minimum Gasteiger partial charge on any atom is -0.383 e. The first kappa shape index (κ1) is 34.0. The average molecular weight is 713 g/mol. The van der Waals surface area contributed by atoms with Crippen molar-refractivity contribution in [1.29, 1.82) is 0 Å². The molecule has 0 aromatic heterocycles. The second-order valence-electron chi connectivity index (χ2n) is 10.3. The number of likely N-dealkylation sites (N-methyl/N-ethyl adjacent to an activating group) is 1. The maximum absolute atomic E-state index is 14.1. The van der Waals surface area contributed by atoms with Crippen molar-refractivity contribution in [1.82, 2.24) is 10.6 Å². The third-order valence-electron chi connectivity index (χ3n) is 6.96. The van der Waals surface area contributed by atoms with E-state index in [0.717, 1.165) is 29.0 Å². The van der Waals surface area contributed by atoms with Gasteiger partial charge < -0.3 is 20.9 Å². The van der Waals surface area contributed by atoms with Crippen molar-refractivity contribution in [2.45, 2.75) is 20.8 Å². The molecule has 3 N–H and O–H groups in total. The van der Waals surface area contributed by atoms with Crippen LogP contribution in [0.4, 0.5) is 32.3 Å². The lowest BCUT2D eigenvalue weighted by molar-refractivity contribution is 0.237. The van der Waals surface area contributed by atoms with E-state index in [1.165, 1.54) is 10.0 Å². The number of amides is 4. The van der Waals surface area contributed by atoms with Gasteiger partial charge in [0.15, 0.2) is 0 Å². The van der Waals surface area contributed by atoms with Gasteiger partial charge in [-0.2, -0.15) is 10.0 Å². The van der Waals surface area contributed by atoms with E-state index in [2.05, 4.69) is 49.8 Å². The predicted molar refractivity (Wildman–Crippen MR) is 191 cm³/mol. The highest BCUT2D eigenvalue weighted by Gasteiger charge is 2.32. The van der Waals surface area contributed by atoms with Crippen LogP contribution in [0.2, 0.25) is 10.0 Å². The van der Waals surface area contributed by atoms with Gasteiger partial charge in [-0.25, -0.2) is 9.59 Å². The van der Waals surface area contributed by atoms with Gasteiger partial charge in [-0.1, -0.05) is 59.6 Å². The van der Waals surface area contributed by atoms with Gasteiger partial charge in [0.2, 0.25) is 0 Å². The van der Waals surface area contributed by atoms with Crippen LogP contribution in [0, 0.1) is 13.8 Å². The number of hydrogen-bond acceptors (Lipinski definition) is 4. The molecule has 11 heteroatoms. The Hall–Kier alpha value is -3.92. The van der Waals surface area contributed by atoms with Crippen molar-refractivity contribution in [2.24, 2.45) is 0 Å². The molecular formula is C34H37BrCl2N6O2. The summed E-state index contributed by atoms with van der Waals surface area (Å²) in [5.74, 6) is 0. The first-order valence-corrected chi connectivity index (χ1v) is 16.2. The zero-order valence-corrected chi connectivity index (χ0v) is 28.6. The van der Waals surface area contributed by atoms with E-state index in [1.54, 1.807) is 36.4 Å². The number of hydrogen-bond donors (Lipinski definition) is 3. The summed E-state index contributed by atoms with van der Waals surface area (Å²) in [6.07, 6.45) is 0. The molecule has 4 amide bonds. The molecule has 0 fully saturated rings. The van der Waals surface area contributed by atoms with Crippen molar-refractivity contribution < 1.29 is 9.59 Å². The fraction of sp³-hybridized carbons (Fsp3) is 0.235. The number of carbonyl (C=O) groups is 2. The summed E-state index contributed by atoms with van der Waals surface area (Å²) < 4.78 is 0.602. The summed E-state index contributed by atoms with van der Waals surface area (Å²) in [4.78, 5) is 30.2. The van der Waals surface area contributed by atoms with Crippen LogP contribution < -0.4 is 30.9 Å². The topological polar surface area (TPSA) is 80.0 Å². The van der Waals surface area contributed by atoms with E-state index in [4.69, 9.17) is 23.2 Å². The summed E-state index contributed by atoms with van der Waals surface area (Å²) in [5.41, 5.74) is 4.98. The lowest BCUT2D eigenvalue weighted by atomic mass is 10.2. The molecule has 4 aromatic carbocycles. The Morgan fingerprint density at radius 2 is 1.40 bits per heavy atom. The molecule has 0 aliphatic heterocycles. The van der Waals surface area contributed by atoms with Gasteiger partial charge >= 0.3 is 12.1 Å². The summed E-state index contributed by atoms with van der Waals surface area (Å²) in [5, 5.41) is 12.3. The number of benzene rings is 4. The maximum atomic E-state index is 14.1. The van der Waals surface area contributed by atoms with E-state index < -0.39 is 12.1 Å². The molecule has 0 aliphatic rings. The predicted octanol–water partition coefficient (Wildman–Crippen LogP) is 8.66. The monoisotopic (exact) mass is 710 g/mol. The number of halogens is 3. The third-order valence-corrected chi connectivity index (χ3v) is 8.18. The van der Waals surface area contributed by atoms with E-state index >= 15 is 0 Å². The largest absolute Gasteiger partial charge is 0.383 e. The zero-order chi connectivity index (χ0) is 32.3. The Kier molecular flexibility index (Phi) is 12.4. The molecule has 0 unspecified atom stereocenters. The highest BCUT2D eigenvalue weighted by atomic mass is 79.9. The molecule has 0 spiro atoms. The summed E-state index contributed by atoms with van der Waals surface area (Å²) in [6, 6.07) is 27.1. The molecule has 0 bridgehead atoms. The van der Waals surface area contributed by atoms with E-state index in [0.29, 0.717) is 34.8 Å². The number of nitrogens with zero attached hydrogens (tertiary/aromatic N) is 3. The molecule has 4 aromatic rings. The number of anilines is 4. The number of urea groups is 2. The van der Waals surface area contributed by atoms with Crippen LogP contribution in [0.1, 0.15) is 18.1 Å². The van der Waals surface area contributed by atoms with Gasteiger partial charge in [0.25, 0.3) is 0 Å². The number of nitrogens with one attached hydrogen (secondary N) is 3. The van der Waals surface area contributed by atoms with Crippen LogP contribution in [-0.2, 0) is 0 Å². The number of rotatable bonds is 11. The molecule has 45 heavy (non-hydrogen) atoms. The van der Waals surface area contributed by atoms with Gasteiger partial charge in [0, 0.05) is 53.6 Å². The third kappa shape index (κ3) is 9.29. The highest BCUT2D eigenvalue weighted by molar-refractivity contribution is 9.10. The smallest absolute Gasteiger partial charge is 0.341 e. The maximum Gasteiger partial charge on any atom is 0.341 e. The Morgan fingerprint density at radius 3 is 2.09 bits per heavy atom. The number of para-hydroxylation sites is 1. The summed E-state index contributed by atoms with van der Waals surface area (Å²) in [7, 11) is 0. The molecule has 4 rings (SSSR count). The second-order valence-corrected chi connectivity index (χ2v) is 12.0. The van der Waals surface area contributed by atoms with Crippen molar-refractivity contribution in [3.63, 3.8) is 0 Å². The van der Waals surface area contributed by atoms with Gasteiger partial charge in [-0.05, 0) is 102 Å². The van der Waals surface area contributed by atoms with Crippen LogP contribution in [0.15, 0.2) is 95.5 Å². The number of aryl methyl sites for hydroxylation is 2. The van der Waals surface area contributed by atoms with Crippen LogP contribution in [0.25, 0.3) is 0 Å². The SMILES string of the molecule is CCN(CCNC(=O)N(c1cc(Cl)ccc1Cl)N(C(=O)NCCNc1cccc(C)c1)c1ccccc1Br)c1cccc(C)c1. The van der Waals surface area contributed by atoms with Gasteiger partial charge in [0.05, 0.1) is 16.4 Å². The van der Waals surface area contributed by atoms with E-state index in [9.17, 15) is 9.59 Å². The fourth-order valence-electron chi connectivity index (χ4n) is 4.76. The van der Waals surface area contributed by atoms with E-state index in [-0.39, 0.29) is 17.3 Å². The molecule has 0 heterocycles. The first-order valence-electron chi connectivity index (χ1n) is 14.7. The first-order chi connectivity index (χ1) is 21.7. The van der Waals surface area contributed by atoms with Gasteiger partial charge in [0.1, 0.15) is 0 Å². The summed E-state index contributed by atoms with van der Waals surface area (Å²) in [6.45, 7) is 8.50. The lowest BCUT2D eigenvalue weighted by Gasteiger charge is -2.36. The van der Waals surface area contributed by atoms with Gasteiger partial charge in [-0.15, -0.1) is 0 Å². The van der Waals surface area contributed by atoms with Crippen molar-refractivity contribution in [3.8, 4) is 0 Å². The van der Waals surface area contributed by atoms with E-state index in [1.807, 2.05) is 62.4 Å². The van der Waals surface area contributed by atoms with Crippen LogP contribution in [0.5, 0.6) is 0 Å². The standard InChI is InChI=1S/C34H37BrCl2N6O2/c1-4-41(28-12-8-10-25(3)22-28)20-19-40-34(45)43(32-23-26(36)15-16-30(32)37)42(31-14-6-5-13-29(31)35)33(44)39-18-17-38-27-11-7-9-24(2)21-27/h5-16,21-23,38H,4,17-20H2,1-3H3,(H,39,44)(H,40,45). The minimum atomic E-state index is -0.553. The molecule has 0 saturated carbocycles. The molecule has 0 radical (unpaired) electrons. The molecule has 236 valence electrons. The van der Waals surface area contributed by atoms with Crippen LogP contribution in [0.3, 0.4) is 0 Å². The molecule has 0 aliphatic carbocycles. The minimum absolute atomic E-state index is 0.246. The highest BCUT2D eigenvalue weighted by Crippen LogP contribution is 2.35. The normalized spacial score (nSPS) is 10.6. The zero-order valence-electron chi connectivity index (χ0n) is 25.5. The lowest BCUT2D eigenvalue weighted by Crippen LogP contribution is -2.58. The Bertz CT molecular complexity index is 1620. The summed E-state index contributed by atoms with van der Waals surface area (Å²) >= 11 is 16.6. The Balaban J connectivity index is 1.60. The Morgan fingerprint density at radius 1 is 0.733 bits per heavy atom. The van der Waals surface area contributed by atoms with Crippen LogP contribution in [-0.4, -0.2) is 44.8 Å². The fourth-order valence-corrected chi connectivity index (χ4v) is 5.58. The van der Waals surface area contributed by atoms with Crippen LogP contribution >= 0.6 is 39.1 Å². The van der Waals surface area contributed by atoms with Crippen molar-refractivity contribution in [2.75, 3.05) is 53.0 Å². The molecular weight excluding hydrogens is 675 g/mol. The Labute approximate surface area is 283 Å². The van der Waals surface area contributed by atoms with Crippen molar-refractivity contribution >= 4 is 73.9 Å². The molecule has 8 nitrogen and oxygen atoms in total. The second kappa shape index (κ2) is 16.4. The number of carbonyl (C=O) groups excluding carboxylic acids is 2. The molecule has 0 saturated heterocycles. The molecule has 0 atom stereocenters.